The SMILES string of the molecule is CCC[C@H](C)CN(C(C)C)C(C)C. The molecule has 0 aliphatic rings. The summed E-state index contributed by atoms with van der Waals surface area (Å²) in [7, 11) is 0. The third-order valence-corrected chi connectivity index (χ3v) is 2.63. The minimum absolute atomic E-state index is 0.680. The zero-order chi connectivity index (χ0) is 10.4. The Morgan fingerprint density at radius 3 is 1.69 bits per heavy atom. The minimum atomic E-state index is 0.680. The van der Waals surface area contributed by atoms with Gasteiger partial charge in [-0.2, -0.15) is 0 Å². The summed E-state index contributed by atoms with van der Waals surface area (Å²) in [5.41, 5.74) is 0. The third kappa shape index (κ3) is 5.30. The van der Waals surface area contributed by atoms with Gasteiger partial charge in [0.15, 0.2) is 0 Å². The molecule has 0 aliphatic carbocycles. The van der Waals surface area contributed by atoms with Crippen LogP contribution < -0.4 is 0 Å². The third-order valence-electron chi connectivity index (χ3n) is 2.63. The second kappa shape index (κ2) is 6.42. The van der Waals surface area contributed by atoms with Crippen LogP contribution in [0.25, 0.3) is 0 Å². The second-order valence-electron chi connectivity index (χ2n) is 4.78. The molecule has 1 heteroatoms. The van der Waals surface area contributed by atoms with Crippen LogP contribution in [0.15, 0.2) is 0 Å². The van der Waals surface area contributed by atoms with Crippen molar-refractivity contribution < 1.29 is 0 Å². The Morgan fingerprint density at radius 2 is 1.38 bits per heavy atom. The molecule has 0 saturated heterocycles. The van der Waals surface area contributed by atoms with Crippen LogP contribution in [0.4, 0.5) is 0 Å². The predicted octanol–water partition coefficient (Wildman–Crippen LogP) is 3.54. The van der Waals surface area contributed by atoms with Gasteiger partial charge in [0.2, 0.25) is 0 Å². The molecule has 0 unspecified atom stereocenters. The molecule has 0 heterocycles. The molecule has 0 radical (unpaired) electrons. The van der Waals surface area contributed by atoms with Crippen molar-refractivity contribution in [3.63, 3.8) is 0 Å². The Morgan fingerprint density at radius 1 is 0.923 bits per heavy atom. The lowest BCUT2D eigenvalue weighted by Crippen LogP contribution is -2.39. The van der Waals surface area contributed by atoms with Gasteiger partial charge in [0.1, 0.15) is 0 Å². The molecule has 1 nitrogen and oxygen atoms in total. The van der Waals surface area contributed by atoms with E-state index in [0.717, 1.165) is 5.92 Å². The molecule has 0 aliphatic heterocycles. The summed E-state index contributed by atoms with van der Waals surface area (Å²) in [6, 6.07) is 1.36. The first-order chi connectivity index (χ1) is 5.99. The summed E-state index contributed by atoms with van der Waals surface area (Å²) < 4.78 is 0. The molecule has 1 atom stereocenters. The molecule has 13 heavy (non-hydrogen) atoms. The lowest BCUT2D eigenvalue weighted by atomic mass is 10.0. The first-order valence-electron chi connectivity index (χ1n) is 5.74. The Hall–Kier alpha value is -0.0400. The van der Waals surface area contributed by atoms with E-state index in [2.05, 4.69) is 46.4 Å². The normalized spacial score (nSPS) is 14.5. The summed E-state index contributed by atoms with van der Waals surface area (Å²) in [6.07, 6.45) is 2.67. The number of nitrogens with zero attached hydrogens (tertiary/aromatic N) is 1. The average Bonchev–Trinajstić information content (AvgIpc) is 1.99. The maximum atomic E-state index is 2.58. The molecule has 0 aromatic rings. The largest absolute Gasteiger partial charge is 0.298 e. The summed E-state index contributed by atoms with van der Waals surface area (Å²) in [4.78, 5) is 2.58. The first kappa shape index (κ1) is 13.0. The number of hydrogen-bond acceptors (Lipinski definition) is 1. The highest BCUT2D eigenvalue weighted by Gasteiger charge is 2.15. The Bertz CT molecular complexity index is 110. The zero-order valence-electron chi connectivity index (χ0n) is 10.3. The Labute approximate surface area is 84.5 Å². The Balaban J connectivity index is 3.94. The molecular formula is C12H27N. The highest BCUT2D eigenvalue weighted by molar-refractivity contribution is 4.69. The van der Waals surface area contributed by atoms with E-state index in [-0.39, 0.29) is 0 Å². The highest BCUT2D eigenvalue weighted by Crippen LogP contribution is 2.12. The predicted molar refractivity (Wildman–Crippen MR) is 61.1 cm³/mol. The molecule has 0 N–H and O–H groups in total. The van der Waals surface area contributed by atoms with Crippen molar-refractivity contribution in [1.29, 1.82) is 0 Å². The standard InChI is InChI=1S/C12H27N/c1-7-8-12(6)9-13(10(2)3)11(4)5/h10-12H,7-9H2,1-6H3/t12-/m0/s1. The molecule has 80 valence electrons. The average molecular weight is 185 g/mol. The molecule has 0 saturated carbocycles. The van der Waals surface area contributed by atoms with Gasteiger partial charge in [0.25, 0.3) is 0 Å². The molecule has 0 spiro atoms. The van der Waals surface area contributed by atoms with E-state index in [1.807, 2.05) is 0 Å². The van der Waals surface area contributed by atoms with Crippen molar-refractivity contribution in [2.45, 2.75) is 66.5 Å². The van der Waals surface area contributed by atoms with E-state index >= 15 is 0 Å². The van der Waals surface area contributed by atoms with Gasteiger partial charge < -0.3 is 0 Å². The number of rotatable bonds is 6. The summed E-state index contributed by atoms with van der Waals surface area (Å²) in [5, 5.41) is 0. The molecular weight excluding hydrogens is 158 g/mol. The van der Waals surface area contributed by atoms with E-state index in [0.29, 0.717) is 12.1 Å². The molecule has 0 fully saturated rings. The maximum absolute atomic E-state index is 2.58. The van der Waals surface area contributed by atoms with Gasteiger partial charge in [-0.25, -0.2) is 0 Å². The Kier molecular flexibility index (Phi) is 6.40. The molecule has 0 aromatic carbocycles. The topological polar surface area (TPSA) is 3.24 Å². The molecule has 0 amide bonds. The minimum Gasteiger partial charge on any atom is -0.298 e. The van der Waals surface area contributed by atoms with E-state index in [4.69, 9.17) is 0 Å². The van der Waals surface area contributed by atoms with Crippen molar-refractivity contribution in [1.82, 2.24) is 4.90 Å². The second-order valence-corrected chi connectivity index (χ2v) is 4.78. The number of hydrogen-bond donors (Lipinski definition) is 0. The van der Waals surface area contributed by atoms with Gasteiger partial charge in [-0.05, 0) is 40.0 Å². The van der Waals surface area contributed by atoms with Crippen molar-refractivity contribution >= 4 is 0 Å². The fourth-order valence-corrected chi connectivity index (χ4v) is 1.96. The van der Waals surface area contributed by atoms with Crippen molar-refractivity contribution in [3.8, 4) is 0 Å². The van der Waals surface area contributed by atoms with Crippen LogP contribution in [-0.2, 0) is 0 Å². The zero-order valence-corrected chi connectivity index (χ0v) is 10.3. The van der Waals surface area contributed by atoms with Crippen LogP contribution in [0, 0.1) is 5.92 Å². The summed E-state index contributed by atoms with van der Waals surface area (Å²) >= 11 is 0. The van der Waals surface area contributed by atoms with E-state index < -0.39 is 0 Å². The molecule has 0 aromatic heterocycles. The first-order valence-corrected chi connectivity index (χ1v) is 5.74. The lowest BCUT2D eigenvalue weighted by molar-refractivity contribution is 0.147. The smallest absolute Gasteiger partial charge is 0.00414 e. The van der Waals surface area contributed by atoms with Crippen molar-refractivity contribution in [2.75, 3.05) is 6.54 Å². The fourth-order valence-electron chi connectivity index (χ4n) is 1.96. The van der Waals surface area contributed by atoms with Gasteiger partial charge in [-0.1, -0.05) is 20.3 Å². The monoisotopic (exact) mass is 185 g/mol. The van der Waals surface area contributed by atoms with Gasteiger partial charge in [-0.3, -0.25) is 4.90 Å². The van der Waals surface area contributed by atoms with Gasteiger partial charge in [0.05, 0.1) is 0 Å². The molecule has 0 rings (SSSR count). The van der Waals surface area contributed by atoms with Crippen LogP contribution in [0.5, 0.6) is 0 Å². The molecule has 0 bridgehead atoms. The van der Waals surface area contributed by atoms with Crippen LogP contribution in [0.3, 0.4) is 0 Å². The summed E-state index contributed by atoms with van der Waals surface area (Å²) in [6.45, 7) is 15.0. The highest BCUT2D eigenvalue weighted by atomic mass is 15.2. The van der Waals surface area contributed by atoms with E-state index in [1.54, 1.807) is 0 Å². The maximum Gasteiger partial charge on any atom is 0.00414 e. The van der Waals surface area contributed by atoms with Crippen molar-refractivity contribution in [2.24, 2.45) is 5.92 Å². The summed E-state index contributed by atoms with van der Waals surface area (Å²) in [5.74, 6) is 0.842. The van der Waals surface area contributed by atoms with Crippen LogP contribution in [-0.4, -0.2) is 23.5 Å². The van der Waals surface area contributed by atoms with Crippen LogP contribution >= 0.6 is 0 Å². The van der Waals surface area contributed by atoms with E-state index in [9.17, 15) is 0 Å². The van der Waals surface area contributed by atoms with Gasteiger partial charge in [0, 0.05) is 18.6 Å². The quantitative estimate of drug-likeness (QED) is 0.612. The fraction of sp³-hybridized carbons (Fsp3) is 1.00. The van der Waals surface area contributed by atoms with Gasteiger partial charge >= 0.3 is 0 Å². The van der Waals surface area contributed by atoms with Crippen LogP contribution in [0.1, 0.15) is 54.4 Å². The van der Waals surface area contributed by atoms with Gasteiger partial charge in [-0.15, -0.1) is 0 Å². The van der Waals surface area contributed by atoms with Crippen molar-refractivity contribution in [3.05, 3.63) is 0 Å². The lowest BCUT2D eigenvalue weighted by Gasteiger charge is -2.32. The van der Waals surface area contributed by atoms with Crippen LogP contribution in [0.2, 0.25) is 0 Å². The van der Waals surface area contributed by atoms with E-state index in [1.165, 1.54) is 19.4 Å².